The average molecular weight is 420 g/mol. The lowest BCUT2D eigenvalue weighted by Crippen LogP contribution is -2.50. The molecule has 3 heterocycles. The van der Waals surface area contributed by atoms with Gasteiger partial charge in [-0.25, -0.2) is 9.18 Å². The summed E-state index contributed by atoms with van der Waals surface area (Å²) >= 11 is 1.32. The van der Waals surface area contributed by atoms with Crippen molar-refractivity contribution in [1.82, 2.24) is 20.1 Å². The van der Waals surface area contributed by atoms with E-state index in [2.05, 4.69) is 10.3 Å². The first-order valence-electron chi connectivity index (χ1n) is 9.58. The van der Waals surface area contributed by atoms with Gasteiger partial charge < -0.3 is 14.5 Å². The highest BCUT2D eigenvalue weighted by Crippen LogP contribution is 2.31. The van der Waals surface area contributed by atoms with Crippen molar-refractivity contribution in [3.8, 4) is 5.19 Å². The normalized spacial score (nSPS) is 18.2. The number of rotatable bonds is 5. The Bertz CT molecular complexity index is 941. The smallest absolute Gasteiger partial charge is 0.324 e. The van der Waals surface area contributed by atoms with Crippen LogP contribution in [0.4, 0.5) is 9.18 Å². The van der Waals surface area contributed by atoms with Crippen molar-refractivity contribution < 1.29 is 23.5 Å². The fourth-order valence-electron chi connectivity index (χ4n) is 3.51. The molecule has 0 bridgehead atoms. The van der Waals surface area contributed by atoms with Gasteiger partial charge in [-0.15, -0.1) is 0 Å². The van der Waals surface area contributed by atoms with Crippen molar-refractivity contribution in [1.29, 1.82) is 0 Å². The highest BCUT2D eigenvalue weighted by Gasteiger charge is 2.27. The predicted octanol–water partition coefficient (Wildman–Crippen LogP) is 2.14. The number of imide groups is 1. The topological polar surface area (TPSA) is 91.8 Å². The fourth-order valence-corrected chi connectivity index (χ4v) is 4.41. The number of likely N-dealkylation sites (tertiary alicyclic amines) is 1. The van der Waals surface area contributed by atoms with Crippen molar-refractivity contribution in [2.75, 3.05) is 26.2 Å². The van der Waals surface area contributed by atoms with E-state index in [-0.39, 0.29) is 36.6 Å². The van der Waals surface area contributed by atoms with Crippen LogP contribution in [0.15, 0.2) is 18.2 Å². The van der Waals surface area contributed by atoms with Crippen LogP contribution >= 0.6 is 11.3 Å². The molecule has 0 aliphatic carbocycles. The Morgan fingerprint density at radius 2 is 2.07 bits per heavy atom. The van der Waals surface area contributed by atoms with E-state index in [9.17, 15) is 18.8 Å². The van der Waals surface area contributed by atoms with E-state index in [1.54, 1.807) is 11.0 Å². The molecule has 1 aromatic heterocycles. The summed E-state index contributed by atoms with van der Waals surface area (Å²) in [5, 5.41) is 2.70. The molecule has 0 radical (unpaired) electrons. The highest BCUT2D eigenvalue weighted by atomic mass is 32.1. The van der Waals surface area contributed by atoms with Gasteiger partial charge in [0.15, 0.2) is 0 Å². The van der Waals surface area contributed by atoms with Crippen molar-refractivity contribution in [2.24, 2.45) is 0 Å². The number of amides is 4. The first kappa shape index (κ1) is 19.6. The largest absolute Gasteiger partial charge is 0.467 e. The number of aromatic nitrogens is 1. The summed E-state index contributed by atoms with van der Waals surface area (Å²) in [6.07, 6.45) is 1.76. The predicted molar refractivity (Wildman–Crippen MR) is 104 cm³/mol. The number of para-hydroxylation sites is 1. The Balaban J connectivity index is 1.24. The summed E-state index contributed by atoms with van der Waals surface area (Å²) in [6, 6.07) is 4.40. The number of ether oxygens (including phenoxy) is 1. The fraction of sp³-hybridized carbons (Fsp3) is 0.474. The van der Waals surface area contributed by atoms with Gasteiger partial charge in [0, 0.05) is 51.9 Å². The number of carbonyl (C=O) groups is 3. The third-order valence-corrected chi connectivity index (χ3v) is 6.06. The van der Waals surface area contributed by atoms with E-state index in [0.717, 1.165) is 4.70 Å². The summed E-state index contributed by atoms with van der Waals surface area (Å²) < 4.78 is 20.4. The number of fused-ring (bicyclic) bond motifs is 1. The van der Waals surface area contributed by atoms with E-state index < -0.39 is 6.03 Å². The Morgan fingerprint density at radius 3 is 2.79 bits per heavy atom. The monoisotopic (exact) mass is 420 g/mol. The van der Waals surface area contributed by atoms with Crippen molar-refractivity contribution >= 4 is 39.4 Å². The minimum atomic E-state index is -0.437. The summed E-state index contributed by atoms with van der Waals surface area (Å²) in [4.78, 5) is 42.8. The van der Waals surface area contributed by atoms with E-state index >= 15 is 0 Å². The van der Waals surface area contributed by atoms with Crippen LogP contribution in [0.2, 0.25) is 0 Å². The van der Waals surface area contributed by atoms with Gasteiger partial charge in [-0.1, -0.05) is 17.4 Å². The second-order valence-electron chi connectivity index (χ2n) is 7.10. The molecule has 0 spiro atoms. The van der Waals surface area contributed by atoms with E-state index in [4.69, 9.17) is 4.74 Å². The number of piperidine rings is 1. The lowest BCUT2D eigenvalue weighted by Gasteiger charge is -2.32. The van der Waals surface area contributed by atoms with E-state index in [1.165, 1.54) is 22.3 Å². The number of nitrogens with zero attached hydrogens (tertiary/aromatic N) is 3. The summed E-state index contributed by atoms with van der Waals surface area (Å²) in [5.74, 6) is -0.661. The number of hydrogen-bond donors (Lipinski definition) is 1. The minimum Gasteiger partial charge on any atom is -0.467 e. The molecule has 29 heavy (non-hydrogen) atoms. The number of urea groups is 1. The van der Waals surface area contributed by atoms with E-state index in [0.29, 0.717) is 49.7 Å². The molecule has 2 saturated heterocycles. The first-order chi connectivity index (χ1) is 14.0. The van der Waals surface area contributed by atoms with E-state index in [1.807, 2.05) is 6.07 Å². The molecule has 1 N–H and O–H groups in total. The van der Waals surface area contributed by atoms with Gasteiger partial charge in [0.05, 0.1) is 4.70 Å². The van der Waals surface area contributed by atoms with Crippen LogP contribution in [-0.2, 0) is 9.59 Å². The van der Waals surface area contributed by atoms with Crippen LogP contribution in [-0.4, -0.2) is 64.9 Å². The Morgan fingerprint density at radius 1 is 1.28 bits per heavy atom. The Kier molecular flexibility index (Phi) is 5.61. The zero-order valence-corrected chi connectivity index (χ0v) is 16.5. The maximum absolute atomic E-state index is 13.8. The van der Waals surface area contributed by atoms with Gasteiger partial charge in [0.25, 0.3) is 5.19 Å². The summed E-state index contributed by atoms with van der Waals surface area (Å²) in [5.41, 5.74) is 0.323. The molecular formula is C19H21FN4O4S. The Hall–Kier alpha value is -2.75. The summed E-state index contributed by atoms with van der Waals surface area (Å²) in [6.45, 7) is 1.77. The van der Waals surface area contributed by atoms with Gasteiger partial charge in [0.1, 0.15) is 17.4 Å². The molecule has 8 nitrogen and oxygen atoms in total. The maximum atomic E-state index is 13.8. The molecule has 2 aromatic rings. The number of hydrogen-bond acceptors (Lipinski definition) is 6. The number of benzene rings is 1. The van der Waals surface area contributed by atoms with Crippen molar-refractivity contribution in [3.63, 3.8) is 0 Å². The van der Waals surface area contributed by atoms with Crippen LogP contribution in [0, 0.1) is 5.82 Å². The molecule has 0 saturated carbocycles. The molecule has 1 aromatic carbocycles. The van der Waals surface area contributed by atoms with Gasteiger partial charge in [-0.2, -0.15) is 4.98 Å². The van der Waals surface area contributed by atoms with Crippen LogP contribution in [0.1, 0.15) is 25.7 Å². The quantitative estimate of drug-likeness (QED) is 0.800. The summed E-state index contributed by atoms with van der Waals surface area (Å²) in [7, 11) is 0. The second-order valence-corrected chi connectivity index (χ2v) is 8.10. The second kappa shape index (κ2) is 8.32. The lowest BCUT2D eigenvalue weighted by molar-refractivity contribution is -0.133. The van der Waals surface area contributed by atoms with Gasteiger partial charge >= 0.3 is 6.03 Å². The molecule has 2 fully saturated rings. The molecule has 2 aliphatic heterocycles. The third kappa shape index (κ3) is 4.47. The molecular weight excluding hydrogens is 399 g/mol. The van der Waals surface area contributed by atoms with Crippen molar-refractivity contribution in [3.05, 3.63) is 24.0 Å². The zero-order chi connectivity index (χ0) is 20.4. The molecule has 4 rings (SSSR count). The van der Waals surface area contributed by atoms with Crippen LogP contribution in [0.3, 0.4) is 0 Å². The van der Waals surface area contributed by atoms with Crippen LogP contribution in [0.5, 0.6) is 5.19 Å². The Labute approximate surface area is 170 Å². The van der Waals surface area contributed by atoms with Gasteiger partial charge in [-0.05, 0) is 12.1 Å². The lowest BCUT2D eigenvalue weighted by atomic mass is 10.1. The maximum Gasteiger partial charge on any atom is 0.324 e. The van der Waals surface area contributed by atoms with Gasteiger partial charge in [-0.3, -0.25) is 14.9 Å². The van der Waals surface area contributed by atoms with Crippen molar-refractivity contribution in [2.45, 2.75) is 31.8 Å². The number of carbonyl (C=O) groups excluding carboxylic acids is 3. The van der Waals surface area contributed by atoms with Gasteiger partial charge in [0.2, 0.25) is 11.8 Å². The standard InChI is InChI=1S/C19H21FN4O4S/c20-13-2-1-3-14-17(13)22-19(29-14)28-12-4-8-23(9-5-12)16(26)7-11-24-10-6-15(25)21-18(24)27/h1-3,12H,4-11H2,(H,21,25,27). The molecule has 4 amide bonds. The number of nitrogens with one attached hydrogen (secondary N) is 1. The molecule has 154 valence electrons. The number of halogens is 1. The number of thiazole rings is 1. The van der Waals surface area contributed by atoms with Crippen LogP contribution < -0.4 is 10.1 Å². The SMILES string of the molecule is O=C1CCN(CCC(=O)N2CCC(Oc3nc4c(F)cccc4s3)CC2)C(=O)N1. The van der Waals surface area contributed by atoms with Crippen LogP contribution in [0.25, 0.3) is 10.2 Å². The molecule has 0 atom stereocenters. The molecule has 0 unspecified atom stereocenters. The molecule has 2 aliphatic rings. The minimum absolute atomic E-state index is 0.0183. The highest BCUT2D eigenvalue weighted by molar-refractivity contribution is 7.20. The zero-order valence-electron chi connectivity index (χ0n) is 15.7. The molecule has 10 heteroatoms. The first-order valence-corrected chi connectivity index (χ1v) is 10.4. The third-order valence-electron chi connectivity index (χ3n) is 5.15. The average Bonchev–Trinajstić information content (AvgIpc) is 3.11.